The van der Waals surface area contributed by atoms with Crippen LogP contribution in [0.3, 0.4) is 0 Å². The molecule has 5 nitrogen and oxygen atoms in total. The Kier molecular flexibility index (Phi) is 6.84. The minimum atomic E-state index is -0.701. The van der Waals surface area contributed by atoms with Gasteiger partial charge in [-0.25, -0.2) is 4.79 Å². The molecule has 0 heterocycles. The van der Waals surface area contributed by atoms with Crippen LogP contribution in [0.2, 0.25) is 5.02 Å². The molecule has 0 aliphatic heterocycles. The van der Waals surface area contributed by atoms with Crippen LogP contribution in [0.5, 0.6) is 5.75 Å². The van der Waals surface area contributed by atoms with Gasteiger partial charge in [-0.15, -0.1) is 0 Å². The van der Waals surface area contributed by atoms with Gasteiger partial charge < -0.3 is 14.8 Å². The first-order valence-electron chi connectivity index (χ1n) is 7.47. The monoisotopic (exact) mass is 425 g/mol. The molecule has 0 aliphatic carbocycles. The quantitative estimate of drug-likeness (QED) is 0.710. The first-order chi connectivity index (χ1) is 11.9. The van der Waals surface area contributed by atoms with Gasteiger partial charge in [0.25, 0.3) is 5.91 Å². The van der Waals surface area contributed by atoms with Crippen molar-refractivity contribution in [2.24, 2.45) is 0 Å². The zero-order valence-corrected chi connectivity index (χ0v) is 16.1. The average Bonchev–Trinajstić information content (AvgIpc) is 2.61. The molecule has 0 aliphatic rings. The minimum absolute atomic E-state index is 0.251. The number of nitrogens with one attached hydrogen (secondary N) is 1. The van der Waals surface area contributed by atoms with Crippen molar-refractivity contribution in [2.75, 3.05) is 7.11 Å². The summed E-state index contributed by atoms with van der Waals surface area (Å²) in [5.74, 6) is -0.235. The van der Waals surface area contributed by atoms with Gasteiger partial charge in [-0.1, -0.05) is 23.7 Å². The van der Waals surface area contributed by atoms with Crippen LogP contribution in [0.4, 0.5) is 0 Å². The highest BCUT2D eigenvalue weighted by Crippen LogP contribution is 2.27. The second-order valence-electron chi connectivity index (χ2n) is 5.24. The van der Waals surface area contributed by atoms with E-state index in [9.17, 15) is 9.59 Å². The Balaban J connectivity index is 1.94. The van der Waals surface area contributed by atoms with Crippen LogP contribution in [0.15, 0.2) is 46.9 Å². The molecule has 0 aromatic heterocycles. The van der Waals surface area contributed by atoms with Crippen molar-refractivity contribution in [3.8, 4) is 5.75 Å². The van der Waals surface area contributed by atoms with Gasteiger partial charge in [-0.05, 0) is 58.7 Å². The number of methoxy groups -OCH3 is 1. The number of esters is 1. The van der Waals surface area contributed by atoms with Crippen molar-refractivity contribution in [1.82, 2.24) is 5.32 Å². The van der Waals surface area contributed by atoms with Crippen LogP contribution in [0.25, 0.3) is 0 Å². The molecule has 2 aromatic carbocycles. The van der Waals surface area contributed by atoms with E-state index in [-0.39, 0.29) is 5.91 Å². The number of carbonyl (C=O) groups is 2. The molecule has 0 spiro atoms. The van der Waals surface area contributed by atoms with Crippen molar-refractivity contribution >= 4 is 39.4 Å². The van der Waals surface area contributed by atoms with Crippen LogP contribution < -0.4 is 10.1 Å². The van der Waals surface area contributed by atoms with E-state index in [0.717, 1.165) is 5.56 Å². The lowest BCUT2D eigenvalue weighted by molar-refractivity contribution is -0.127. The lowest BCUT2D eigenvalue weighted by Crippen LogP contribution is -2.35. The molecule has 0 bridgehead atoms. The summed E-state index contributed by atoms with van der Waals surface area (Å²) < 4.78 is 10.9. The van der Waals surface area contributed by atoms with Gasteiger partial charge in [0.15, 0.2) is 6.10 Å². The Morgan fingerprint density at radius 1 is 1.20 bits per heavy atom. The normalized spacial score (nSPS) is 11.5. The van der Waals surface area contributed by atoms with Gasteiger partial charge in [-0.2, -0.15) is 0 Å². The van der Waals surface area contributed by atoms with Crippen molar-refractivity contribution in [3.63, 3.8) is 0 Å². The molecule has 0 radical (unpaired) electrons. The van der Waals surface area contributed by atoms with E-state index in [0.29, 0.717) is 27.4 Å². The summed E-state index contributed by atoms with van der Waals surface area (Å²) in [4.78, 5) is 23.7. The van der Waals surface area contributed by atoms with Crippen molar-refractivity contribution in [2.45, 2.75) is 19.6 Å². The van der Waals surface area contributed by atoms with Crippen molar-refractivity contribution in [1.29, 1.82) is 0 Å². The number of amides is 1. The number of rotatable bonds is 6. The van der Waals surface area contributed by atoms with Crippen LogP contribution in [0.1, 0.15) is 22.8 Å². The topological polar surface area (TPSA) is 64.6 Å². The Labute approximate surface area is 159 Å². The summed E-state index contributed by atoms with van der Waals surface area (Å²) in [5.41, 5.74) is 1.33. The first-order valence-corrected chi connectivity index (χ1v) is 8.64. The molecule has 0 saturated carbocycles. The first kappa shape index (κ1) is 19.3. The predicted octanol–water partition coefficient (Wildman–Crippen LogP) is 3.97. The third kappa shape index (κ3) is 5.47. The molecule has 2 aromatic rings. The summed E-state index contributed by atoms with van der Waals surface area (Å²) in [6.45, 7) is 2.03. The molecule has 1 amide bonds. The summed E-state index contributed by atoms with van der Waals surface area (Å²) in [5, 5.41) is 3.45. The number of carbonyl (C=O) groups excluding carboxylic acids is 2. The average molecular weight is 427 g/mol. The molecule has 2 rings (SSSR count). The Morgan fingerprint density at radius 2 is 1.88 bits per heavy atom. The zero-order chi connectivity index (χ0) is 18.4. The highest BCUT2D eigenvalue weighted by molar-refractivity contribution is 9.10. The zero-order valence-electron chi connectivity index (χ0n) is 13.7. The van der Waals surface area contributed by atoms with E-state index in [4.69, 9.17) is 16.3 Å². The second kappa shape index (κ2) is 8.87. The van der Waals surface area contributed by atoms with Crippen molar-refractivity contribution < 1.29 is 19.1 Å². The number of halogens is 2. The summed E-state index contributed by atoms with van der Waals surface area (Å²) >= 11 is 9.16. The number of ether oxygens (including phenoxy) is 2. The fourth-order valence-corrected chi connectivity index (χ4v) is 2.62. The SMILES string of the molecule is COC(=O)c1ccc(OC(C)C(=O)NCc2ccc(Cl)cc2)c(Br)c1. The lowest BCUT2D eigenvalue weighted by Gasteiger charge is -2.16. The molecule has 0 fully saturated rings. The number of benzene rings is 2. The Hall–Kier alpha value is -2.05. The number of hydrogen-bond donors (Lipinski definition) is 1. The van der Waals surface area contributed by atoms with Gasteiger partial charge in [0.2, 0.25) is 0 Å². The summed E-state index contributed by atoms with van der Waals surface area (Å²) in [7, 11) is 1.31. The highest BCUT2D eigenvalue weighted by atomic mass is 79.9. The van der Waals surface area contributed by atoms with E-state index in [1.54, 1.807) is 37.3 Å². The summed E-state index contributed by atoms with van der Waals surface area (Å²) in [6, 6.07) is 12.0. The van der Waals surface area contributed by atoms with Crippen molar-refractivity contribution in [3.05, 3.63) is 63.1 Å². The molecule has 1 unspecified atom stereocenters. The third-order valence-electron chi connectivity index (χ3n) is 3.41. The summed E-state index contributed by atoms with van der Waals surface area (Å²) in [6.07, 6.45) is -0.701. The van der Waals surface area contributed by atoms with Gasteiger partial charge in [0.1, 0.15) is 5.75 Å². The van der Waals surface area contributed by atoms with Crippen LogP contribution in [-0.4, -0.2) is 25.1 Å². The smallest absolute Gasteiger partial charge is 0.337 e. The van der Waals surface area contributed by atoms with E-state index in [1.165, 1.54) is 7.11 Å². The molecule has 1 N–H and O–H groups in total. The van der Waals surface area contributed by atoms with Gasteiger partial charge in [0.05, 0.1) is 17.1 Å². The maximum absolute atomic E-state index is 12.2. The third-order valence-corrected chi connectivity index (χ3v) is 4.28. The largest absolute Gasteiger partial charge is 0.480 e. The molecule has 0 saturated heterocycles. The van der Waals surface area contributed by atoms with Gasteiger partial charge >= 0.3 is 5.97 Å². The fraction of sp³-hybridized carbons (Fsp3) is 0.222. The highest BCUT2D eigenvalue weighted by Gasteiger charge is 2.17. The fourth-order valence-electron chi connectivity index (χ4n) is 2.02. The molecule has 1 atom stereocenters. The molecule has 25 heavy (non-hydrogen) atoms. The molecular formula is C18H17BrClNO4. The predicted molar refractivity (Wildman–Crippen MR) is 98.9 cm³/mol. The van der Waals surface area contributed by atoms with E-state index in [1.807, 2.05) is 12.1 Å². The Bertz CT molecular complexity index is 764. The van der Waals surface area contributed by atoms with E-state index in [2.05, 4.69) is 26.0 Å². The maximum atomic E-state index is 12.2. The van der Waals surface area contributed by atoms with Gasteiger partial charge in [0, 0.05) is 11.6 Å². The Morgan fingerprint density at radius 3 is 2.48 bits per heavy atom. The molecule has 7 heteroatoms. The van der Waals surface area contributed by atoms with E-state index >= 15 is 0 Å². The van der Waals surface area contributed by atoms with Crippen LogP contribution in [-0.2, 0) is 16.1 Å². The van der Waals surface area contributed by atoms with Gasteiger partial charge in [-0.3, -0.25) is 4.79 Å². The maximum Gasteiger partial charge on any atom is 0.337 e. The second-order valence-corrected chi connectivity index (χ2v) is 6.53. The van der Waals surface area contributed by atoms with E-state index < -0.39 is 12.1 Å². The van der Waals surface area contributed by atoms with Crippen LogP contribution >= 0.6 is 27.5 Å². The standard InChI is InChI=1S/C18H17BrClNO4/c1-11(17(22)21-10-12-3-6-14(20)7-4-12)25-16-8-5-13(9-15(16)19)18(23)24-2/h3-9,11H,10H2,1-2H3,(H,21,22). The lowest BCUT2D eigenvalue weighted by atomic mass is 10.2. The van der Waals surface area contributed by atoms with Crippen LogP contribution in [0, 0.1) is 0 Å². The number of hydrogen-bond acceptors (Lipinski definition) is 4. The molecular weight excluding hydrogens is 410 g/mol. The molecule has 132 valence electrons. The minimum Gasteiger partial charge on any atom is -0.480 e.